The van der Waals surface area contributed by atoms with Crippen LogP contribution in [-0.4, -0.2) is 37.8 Å². The minimum Gasteiger partial charge on any atom is -0.494 e. The molecule has 1 aliphatic carbocycles. The van der Waals surface area contributed by atoms with Crippen molar-refractivity contribution in [2.45, 2.75) is 63.4 Å². The molecule has 1 N–H and O–H groups in total. The Morgan fingerprint density at radius 1 is 1.10 bits per heavy atom. The molecule has 6 nitrogen and oxygen atoms in total. The molecule has 0 heterocycles. The number of carbonyl (C=O) groups is 1. The van der Waals surface area contributed by atoms with E-state index in [4.69, 9.17) is 4.74 Å². The minimum absolute atomic E-state index is 0.157. The SMILES string of the molecule is CCOc1ccc(S(=O)(=O)N(CC(=O)NCc2cccc(C)c2)C2CCCCC2)cc1. The molecule has 0 spiro atoms. The van der Waals surface area contributed by atoms with Gasteiger partial charge in [-0.25, -0.2) is 8.42 Å². The van der Waals surface area contributed by atoms with Crippen LogP contribution in [0.25, 0.3) is 0 Å². The van der Waals surface area contributed by atoms with Crippen molar-refractivity contribution < 1.29 is 17.9 Å². The first-order valence-electron chi connectivity index (χ1n) is 11.0. The van der Waals surface area contributed by atoms with Crippen LogP contribution < -0.4 is 10.1 Å². The molecule has 168 valence electrons. The van der Waals surface area contributed by atoms with Gasteiger partial charge in [0.05, 0.1) is 18.0 Å². The number of aryl methyl sites for hydroxylation is 1. The topological polar surface area (TPSA) is 75.7 Å². The Morgan fingerprint density at radius 3 is 2.45 bits per heavy atom. The van der Waals surface area contributed by atoms with Gasteiger partial charge in [0.2, 0.25) is 15.9 Å². The first-order chi connectivity index (χ1) is 14.9. The average molecular weight is 445 g/mol. The molecule has 0 aliphatic heterocycles. The lowest BCUT2D eigenvalue weighted by atomic mass is 9.95. The summed E-state index contributed by atoms with van der Waals surface area (Å²) in [4.78, 5) is 12.9. The van der Waals surface area contributed by atoms with Crippen molar-refractivity contribution in [2.24, 2.45) is 0 Å². The number of hydrogen-bond acceptors (Lipinski definition) is 4. The first-order valence-corrected chi connectivity index (χ1v) is 12.4. The number of ether oxygens (including phenoxy) is 1. The van der Waals surface area contributed by atoms with Crippen molar-refractivity contribution in [1.82, 2.24) is 9.62 Å². The molecule has 3 rings (SSSR count). The van der Waals surface area contributed by atoms with Gasteiger partial charge in [-0.1, -0.05) is 49.1 Å². The van der Waals surface area contributed by atoms with Gasteiger partial charge in [0.15, 0.2) is 0 Å². The second kappa shape index (κ2) is 10.8. The maximum atomic E-state index is 13.5. The maximum Gasteiger partial charge on any atom is 0.243 e. The van der Waals surface area contributed by atoms with E-state index in [1.165, 1.54) is 4.31 Å². The molecule has 2 aromatic carbocycles. The summed E-state index contributed by atoms with van der Waals surface area (Å²) >= 11 is 0. The summed E-state index contributed by atoms with van der Waals surface area (Å²) in [7, 11) is -3.80. The predicted molar refractivity (Wildman–Crippen MR) is 121 cm³/mol. The van der Waals surface area contributed by atoms with Crippen LogP contribution >= 0.6 is 0 Å². The van der Waals surface area contributed by atoms with Gasteiger partial charge in [-0.15, -0.1) is 0 Å². The van der Waals surface area contributed by atoms with Gasteiger partial charge in [-0.3, -0.25) is 4.79 Å². The third-order valence-corrected chi connectivity index (χ3v) is 7.51. The van der Waals surface area contributed by atoms with E-state index in [2.05, 4.69) is 5.32 Å². The van der Waals surface area contributed by atoms with Gasteiger partial charge in [-0.2, -0.15) is 4.31 Å². The Balaban J connectivity index is 1.76. The van der Waals surface area contributed by atoms with Gasteiger partial charge in [0.25, 0.3) is 0 Å². The normalized spacial score (nSPS) is 15.1. The molecule has 1 saturated carbocycles. The van der Waals surface area contributed by atoms with Crippen LogP contribution in [0.2, 0.25) is 0 Å². The number of nitrogens with one attached hydrogen (secondary N) is 1. The molecular formula is C24H32N2O4S. The van der Waals surface area contributed by atoms with Gasteiger partial charge in [0.1, 0.15) is 5.75 Å². The largest absolute Gasteiger partial charge is 0.494 e. The molecule has 0 atom stereocenters. The van der Waals surface area contributed by atoms with Crippen LogP contribution in [0.3, 0.4) is 0 Å². The van der Waals surface area contributed by atoms with E-state index in [1.807, 2.05) is 38.1 Å². The van der Waals surface area contributed by atoms with Crippen molar-refractivity contribution in [2.75, 3.05) is 13.2 Å². The third-order valence-electron chi connectivity index (χ3n) is 5.59. The predicted octanol–water partition coefficient (Wildman–Crippen LogP) is 4.03. The lowest BCUT2D eigenvalue weighted by molar-refractivity contribution is -0.121. The first kappa shape index (κ1) is 23.3. The van der Waals surface area contributed by atoms with Crippen LogP contribution in [0.15, 0.2) is 53.4 Å². The molecule has 7 heteroatoms. The third kappa shape index (κ3) is 6.31. The number of amides is 1. The highest BCUT2D eigenvalue weighted by atomic mass is 32.2. The van der Waals surface area contributed by atoms with Crippen molar-refractivity contribution in [3.8, 4) is 5.75 Å². The number of nitrogens with zero attached hydrogens (tertiary/aromatic N) is 1. The van der Waals surface area contributed by atoms with Crippen molar-refractivity contribution in [3.05, 3.63) is 59.7 Å². The lowest BCUT2D eigenvalue weighted by Crippen LogP contribution is -2.46. The fourth-order valence-electron chi connectivity index (χ4n) is 4.01. The van der Waals surface area contributed by atoms with E-state index < -0.39 is 10.0 Å². The monoisotopic (exact) mass is 444 g/mol. The Kier molecular flexibility index (Phi) is 8.09. The van der Waals surface area contributed by atoms with E-state index in [0.29, 0.717) is 18.9 Å². The number of rotatable bonds is 9. The zero-order valence-electron chi connectivity index (χ0n) is 18.3. The van der Waals surface area contributed by atoms with Crippen LogP contribution in [0.4, 0.5) is 0 Å². The van der Waals surface area contributed by atoms with Crippen LogP contribution in [0, 0.1) is 6.92 Å². The van der Waals surface area contributed by atoms with Crippen LogP contribution in [0.5, 0.6) is 5.75 Å². The quantitative estimate of drug-likeness (QED) is 0.634. The van der Waals surface area contributed by atoms with E-state index in [9.17, 15) is 13.2 Å². The number of hydrogen-bond donors (Lipinski definition) is 1. The molecule has 1 fully saturated rings. The second-order valence-corrected chi connectivity index (χ2v) is 9.90. The van der Waals surface area contributed by atoms with E-state index in [-0.39, 0.29) is 23.4 Å². The van der Waals surface area contributed by atoms with E-state index >= 15 is 0 Å². The van der Waals surface area contributed by atoms with Gasteiger partial charge < -0.3 is 10.1 Å². The van der Waals surface area contributed by atoms with Crippen LogP contribution in [0.1, 0.15) is 50.2 Å². The standard InChI is InChI=1S/C24H32N2O4S/c1-3-30-22-12-14-23(15-13-22)31(28,29)26(21-10-5-4-6-11-21)18-24(27)25-17-20-9-7-8-19(2)16-20/h7-9,12-16,21H,3-6,10-11,17-18H2,1-2H3,(H,25,27). The average Bonchev–Trinajstić information content (AvgIpc) is 2.77. The second-order valence-electron chi connectivity index (χ2n) is 8.01. The molecule has 0 bridgehead atoms. The fourth-order valence-corrected chi connectivity index (χ4v) is 5.65. The smallest absolute Gasteiger partial charge is 0.243 e. The van der Waals surface area contributed by atoms with Gasteiger partial charge in [-0.05, 0) is 56.5 Å². The Morgan fingerprint density at radius 2 is 1.81 bits per heavy atom. The fraction of sp³-hybridized carbons (Fsp3) is 0.458. The number of sulfonamides is 1. The van der Waals surface area contributed by atoms with Crippen LogP contribution in [-0.2, 0) is 21.4 Å². The molecule has 2 aromatic rings. The zero-order chi connectivity index (χ0) is 22.3. The van der Waals surface area contributed by atoms with Gasteiger partial charge in [0, 0.05) is 12.6 Å². The molecule has 0 aromatic heterocycles. The summed E-state index contributed by atoms with van der Waals surface area (Å²) < 4.78 is 33.7. The van der Waals surface area contributed by atoms with Crippen molar-refractivity contribution in [1.29, 1.82) is 0 Å². The van der Waals surface area contributed by atoms with Gasteiger partial charge >= 0.3 is 0 Å². The van der Waals surface area contributed by atoms with Crippen molar-refractivity contribution in [3.63, 3.8) is 0 Å². The number of benzene rings is 2. The Labute approximate surface area is 185 Å². The molecule has 0 unspecified atom stereocenters. The summed E-state index contributed by atoms with van der Waals surface area (Å²) in [5.74, 6) is 0.336. The van der Waals surface area contributed by atoms with E-state index in [0.717, 1.165) is 43.2 Å². The zero-order valence-corrected chi connectivity index (χ0v) is 19.2. The highest BCUT2D eigenvalue weighted by Crippen LogP contribution is 2.28. The highest BCUT2D eigenvalue weighted by molar-refractivity contribution is 7.89. The lowest BCUT2D eigenvalue weighted by Gasteiger charge is -2.33. The Bertz CT molecular complexity index is 967. The maximum absolute atomic E-state index is 13.5. The molecule has 31 heavy (non-hydrogen) atoms. The summed E-state index contributed by atoms with van der Waals surface area (Å²) in [5, 5.41) is 2.88. The Hall–Kier alpha value is -2.38. The minimum atomic E-state index is -3.80. The summed E-state index contributed by atoms with van der Waals surface area (Å²) in [6.07, 6.45) is 4.62. The summed E-state index contributed by atoms with van der Waals surface area (Å²) in [6, 6.07) is 14.2. The summed E-state index contributed by atoms with van der Waals surface area (Å²) in [5.41, 5.74) is 2.11. The molecule has 0 saturated heterocycles. The highest BCUT2D eigenvalue weighted by Gasteiger charge is 2.34. The van der Waals surface area contributed by atoms with Crippen molar-refractivity contribution >= 4 is 15.9 Å². The molecular weight excluding hydrogens is 412 g/mol. The molecule has 1 aliphatic rings. The number of carbonyl (C=O) groups excluding carboxylic acids is 1. The summed E-state index contributed by atoms with van der Waals surface area (Å²) in [6.45, 7) is 4.60. The molecule has 0 radical (unpaired) electrons. The van der Waals surface area contributed by atoms with E-state index in [1.54, 1.807) is 24.3 Å². The molecule has 1 amide bonds.